The second kappa shape index (κ2) is 9.14. The summed E-state index contributed by atoms with van der Waals surface area (Å²) < 4.78 is 4.65. The van der Waals surface area contributed by atoms with Crippen molar-refractivity contribution in [1.82, 2.24) is 5.32 Å². The Morgan fingerprint density at radius 3 is 1.68 bits per heavy atom. The molecule has 1 aliphatic rings. The van der Waals surface area contributed by atoms with Gasteiger partial charge in [0, 0.05) is 12.1 Å². The predicted octanol–water partition coefficient (Wildman–Crippen LogP) is 3.18. The highest BCUT2D eigenvalue weighted by molar-refractivity contribution is 5.93. The van der Waals surface area contributed by atoms with Crippen LogP contribution in [0.5, 0.6) is 0 Å². The third-order valence-corrected chi connectivity index (χ3v) is 5.48. The molecule has 0 heterocycles. The summed E-state index contributed by atoms with van der Waals surface area (Å²) in [6.45, 7) is 1.68. The smallest absolute Gasteiger partial charge is 0.308 e. The molecule has 1 unspecified atom stereocenters. The summed E-state index contributed by atoms with van der Waals surface area (Å²) in [5.41, 5.74) is -3.20. The van der Waals surface area contributed by atoms with Crippen LogP contribution in [0.4, 0.5) is 22.7 Å². The quantitative estimate of drug-likeness (QED) is 0.316. The number of esters is 1. The number of ether oxygens (including phenoxy) is 1. The van der Waals surface area contributed by atoms with Gasteiger partial charge in [0.1, 0.15) is 0 Å². The summed E-state index contributed by atoms with van der Waals surface area (Å²) in [6.07, 6.45) is 0.224. The molecule has 3 rings (SSSR count). The number of non-ortho nitro benzene ring substituents is 2. The second-order valence-corrected chi connectivity index (χ2v) is 7.49. The Hall–Kier alpha value is -4.53. The summed E-state index contributed by atoms with van der Waals surface area (Å²) in [7, 11) is 1.21. The average Bonchev–Trinajstić information content (AvgIpc) is 3.10. The number of nitrogens with one attached hydrogen (secondary N) is 1. The van der Waals surface area contributed by atoms with Gasteiger partial charge in [-0.15, -0.1) is 0 Å². The van der Waals surface area contributed by atoms with Crippen LogP contribution in [0.3, 0.4) is 0 Å². The first-order valence-electron chi connectivity index (χ1n) is 9.72. The number of hydrogen-bond acceptors (Lipinski definition) is 11. The molecule has 1 atom stereocenters. The third-order valence-electron chi connectivity index (χ3n) is 5.48. The summed E-state index contributed by atoms with van der Waals surface area (Å²) >= 11 is 0. The first-order valence-corrected chi connectivity index (χ1v) is 9.72. The highest BCUT2D eigenvalue weighted by atomic mass is 16.6. The van der Waals surface area contributed by atoms with Crippen LogP contribution in [0, 0.1) is 46.4 Å². The van der Waals surface area contributed by atoms with E-state index in [4.69, 9.17) is 0 Å². The van der Waals surface area contributed by atoms with Crippen LogP contribution in [0.2, 0.25) is 0 Å². The number of carbonyl (C=O) groups excluding carboxylic acids is 1. The van der Waals surface area contributed by atoms with Crippen molar-refractivity contribution in [3.63, 3.8) is 0 Å². The molecule has 0 amide bonds. The lowest BCUT2D eigenvalue weighted by Crippen LogP contribution is -2.25. The molecule has 1 N–H and O–H groups in total. The second-order valence-electron chi connectivity index (χ2n) is 7.49. The molecule has 0 saturated carbocycles. The third kappa shape index (κ3) is 4.23. The maximum absolute atomic E-state index is 11.8. The van der Waals surface area contributed by atoms with E-state index in [1.54, 1.807) is 6.92 Å². The van der Waals surface area contributed by atoms with Gasteiger partial charge in [-0.25, -0.2) is 0 Å². The Balaban J connectivity index is 2.25. The van der Waals surface area contributed by atoms with Gasteiger partial charge >= 0.3 is 5.97 Å². The monoisotopic (exact) mass is 475 g/mol. The van der Waals surface area contributed by atoms with Crippen LogP contribution in [0.1, 0.15) is 30.5 Å². The standard InChI is InChI=1S/C19H17N5O10/c1-9(19(25)34-2)3-4-20-18-12-5-10(21(26)27)7-14(23(30)31)16(12)17-13(18)6-11(22(28)29)8-15(17)24(32)33/h5-9,18,20H,3-4H2,1-2H3. The van der Waals surface area contributed by atoms with Gasteiger partial charge in [0.2, 0.25) is 0 Å². The predicted molar refractivity (Wildman–Crippen MR) is 114 cm³/mol. The van der Waals surface area contributed by atoms with Crippen molar-refractivity contribution < 1.29 is 29.2 Å². The summed E-state index contributed by atoms with van der Waals surface area (Å²) in [4.78, 5) is 54.5. The molecule has 34 heavy (non-hydrogen) atoms. The van der Waals surface area contributed by atoms with Crippen LogP contribution in [0.15, 0.2) is 24.3 Å². The minimum atomic E-state index is -1.08. The molecule has 2 aromatic carbocycles. The van der Waals surface area contributed by atoms with Gasteiger partial charge in [-0.05, 0) is 24.1 Å². The van der Waals surface area contributed by atoms with Crippen molar-refractivity contribution >= 4 is 28.7 Å². The number of nitro benzene ring substituents is 4. The normalized spacial score (nSPS) is 13.0. The number of rotatable bonds is 9. The van der Waals surface area contributed by atoms with Crippen molar-refractivity contribution in [2.45, 2.75) is 19.4 Å². The highest BCUT2D eigenvalue weighted by Crippen LogP contribution is 2.53. The van der Waals surface area contributed by atoms with Gasteiger partial charge < -0.3 is 10.1 Å². The molecular weight excluding hydrogens is 458 g/mol. The number of nitro groups is 4. The molecule has 178 valence electrons. The van der Waals surface area contributed by atoms with Crippen LogP contribution >= 0.6 is 0 Å². The van der Waals surface area contributed by atoms with E-state index in [0.29, 0.717) is 12.1 Å². The zero-order valence-corrected chi connectivity index (χ0v) is 17.7. The van der Waals surface area contributed by atoms with E-state index in [1.807, 2.05) is 0 Å². The number of hydrogen-bond donors (Lipinski definition) is 1. The minimum Gasteiger partial charge on any atom is -0.469 e. The van der Waals surface area contributed by atoms with E-state index in [0.717, 1.165) is 12.1 Å². The molecular formula is C19H17N5O10. The summed E-state index contributed by atoms with van der Waals surface area (Å²) in [5.74, 6) is -1.04. The number of methoxy groups -OCH3 is 1. The van der Waals surface area contributed by atoms with E-state index in [1.165, 1.54) is 7.11 Å². The molecule has 2 aromatic rings. The molecule has 0 fully saturated rings. The van der Waals surface area contributed by atoms with Gasteiger partial charge in [0.15, 0.2) is 0 Å². The van der Waals surface area contributed by atoms with Crippen molar-refractivity contribution in [2.24, 2.45) is 5.92 Å². The molecule has 15 heteroatoms. The van der Waals surface area contributed by atoms with Crippen LogP contribution < -0.4 is 5.32 Å². The first-order chi connectivity index (χ1) is 16.0. The molecule has 0 radical (unpaired) electrons. The average molecular weight is 475 g/mol. The van der Waals surface area contributed by atoms with Gasteiger partial charge in [0.25, 0.3) is 22.7 Å². The number of benzene rings is 2. The van der Waals surface area contributed by atoms with Crippen molar-refractivity contribution in [2.75, 3.05) is 13.7 Å². The topological polar surface area (TPSA) is 211 Å². The largest absolute Gasteiger partial charge is 0.469 e. The molecule has 1 aliphatic carbocycles. The molecule has 0 aromatic heterocycles. The fraction of sp³-hybridized carbons (Fsp3) is 0.316. The van der Waals surface area contributed by atoms with E-state index in [-0.39, 0.29) is 35.2 Å². The number of fused-ring (bicyclic) bond motifs is 3. The minimum absolute atomic E-state index is 0.00906. The lowest BCUT2D eigenvalue weighted by Gasteiger charge is -2.17. The zero-order chi connectivity index (χ0) is 25.3. The Morgan fingerprint density at radius 1 is 0.882 bits per heavy atom. The van der Waals surface area contributed by atoms with E-state index >= 15 is 0 Å². The van der Waals surface area contributed by atoms with E-state index in [9.17, 15) is 45.3 Å². The Morgan fingerprint density at radius 2 is 1.32 bits per heavy atom. The number of carbonyl (C=O) groups is 1. The van der Waals surface area contributed by atoms with Gasteiger partial charge in [-0.1, -0.05) is 6.92 Å². The Bertz CT molecular complexity index is 1160. The lowest BCUT2D eigenvalue weighted by molar-refractivity contribution is -0.395. The van der Waals surface area contributed by atoms with Gasteiger partial charge in [0.05, 0.1) is 62.0 Å². The first kappa shape index (κ1) is 24.1. The fourth-order valence-corrected chi connectivity index (χ4v) is 3.92. The van der Waals surface area contributed by atoms with Crippen molar-refractivity contribution in [3.8, 4) is 11.1 Å². The molecule has 0 aliphatic heterocycles. The summed E-state index contributed by atoms with van der Waals surface area (Å²) in [6, 6.07) is 2.39. The maximum atomic E-state index is 11.8. The highest BCUT2D eigenvalue weighted by Gasteiger charge is 2.42. The molecule has 0 saturated heterocycles. The SMILES string of the molecule is COC(=O)C(C)CCNC1c2cc([N+](=O)[O-])cc([N+](=O)[O-])c2-c2c1cc([N+](=O)[O-])cc2[N+](=O)[O-]. The van der Waals surface area contributed by atoms with Gasteiger partial charge in [-0.2, -0.15) is 0 Å². The van der Waals surface area contributed by atoms with Crippen molar-refractivity contribution in [1.29, 1.82) is 0 Å². The molecule has 0 spiro atoms. The zero-order valence-electron chi connectivity index (χ0n) is 17.7. The lowest BCUT2D eigenvalue weighted by atomic mass is 10.0. The van der Waals surface area contributed by atoms with E-state index in [2.05, 4.69) is 10.1 Å². The van der Waals surface area contributed by atoms with Crippen LogP contribution in [-0.4, -0.2) is 39.3 Å². The Kier molecular flexibility index (Phi) is 6.49. The molecule has 0 bridgehead atoms. The fourth-order valence-electron chi connectivity index (χ4n) is 3.92. The number of nitrogens with zero attached hydrogens (tertiary/aromatic N) is 4. The molecule has 15 nitrogen and oxygen atoms in total. The van der Waals surface area contributed by atoms with Crippen LogP contribution in [-0.2, 0) is 9.53 Å². The van der Waals surface area contributed by atoms with E-state index < -0.39 is 60.4 Å². The van der Waals surface area contributed by atoms with Crippen molar-refractivity contribution in [3.05, 3.63) is 75.8 Å². The van der Waals surface area contributed by atoms with Crippen LogP contribution in [0.25, 0.3) is 11.1 Å². The van der Waals surface area contributed by atoms with Gasteiger partial charge in [-0.3, -0.25) is 45.3 Å². The summed E-state index contributed by atoms with van der Waals surface area (Å²) in [5, 5.41) is 49.3. The maximum Gasteiger partial charge on any atom is 0.308 e. The Labute approximate surface area is 189 Å².